The third-order valence-electron chi connectivity index (χ3n) is 18.6. The fraction of sp³-hybridized carbons (Fsp3) is 0.741. The van der Waals surface area contributed by atoms with Crippen LogP contribution in [0.1, 0.15) is 322 Å². The number of halogens is 20. The van der Waals surface area contributed by atoms with Crippen LogP contribution in [0.25, 0.3) is 0 Å². The summed E-state index contributed by atoms with van der Waals surface area (Å²) in [5.41, 5.74) is 18.4. The van der Waals surface area contributed by atoms with E-state index in [4.69, 9.17) is 27.9 Å². The highest BCUT2D eigenvalue weighted by Gasteiger charge is 2.27. The number of rotatable bonds is 49. The van der Waals surface area contributed by atoms with E-state index in [1.165, 1.54) is 157 Å². The average molecular weight is 4050 g/mol. The number of hydrogen-bond acceptors (Lipinski definition) is 14. The highest BCUT2D eigenvalue weighted by molar-refractivity contribution is 8.76. The van der Waals surface area contributed by atoms with E-state index in [2.05, 4.69) is 185 Å². The van der Waals surface area contributed by atoms with Crippen molar-refractivity contribution in [3.8, 4) is 6.07 Å². The third-order valence-corrected chi connectivity index (χ3v) is 28.0. The number of phosphoric acid groups is 1. The molecule has 0 aliphatic carbocycles. The van der Waals surface area contributed by atoms with Crippen molar-refractivity contribution in [3.05, 3.63) is 113 Å². The average Bonchev–Trinajstić information content (AvgIpc) is 0.843. The van der Waals surface area contributed by atoms with Crippen molar-refractivity contribution in [3.63, 3.8) is 0 Å². The molecule has 0 rings (SSSR count). The largest absolute Gasteiger partial charge is 1.00 e. The molecule has 0 fully saturated rings. The van der Waals surface area contributed by atoms with Gasteiger partial charge in [0.05, 0.1) is 32.3 Å². The van der Waals surface area contributed by atoms with Gasteiger partial charge in [-0.15, -0.1) is 7.92 Å². The Morgan fingerprint density at radius 1 is 0.395 bits per heavy atom. The van der Waals surface area contributed by atoms with Crippen LogP contribution >= 0.6 is 66.1 Å². The fourth-order valence-electron chi connectivity index (χ4n) is 10.1. The van der Waals surface area contributed by atoms with Gasteiger partial charge < -0.3 is 512 Å². The van der Waals surface area contributed by atoms with Gasteiger partial charge in [-0.25, -0.2) is 4.67 Å². The molecule has 0 amide bonds. The van der Waals surface area contributed by atoms with Gasteiger partial charge in [0.25, 0.3) is 8.53 Å². The lowest BCUT2D eigenvalue weighted by molar-refractivity contribution is -0.222. The van der Waals surface area contributed by atoms with Crippen molar-refractivity contribution in [2.75, 3.05) is 62.2 Å². The minimum Gasteiger partial charge on any atom is -1.00 e. The van der Waals surface area contributed by atoms with E-state index in [9.17, 15) is 18.9 Å². The van der Waals surface area contributed by atoms with E-state index in [0.717, 1.165) is 78.1 Å². The summed E-state index contributed by atoms with van der Waals surface area (Å²) >= 11 is 4.17. The van der Waals surface area contributed by atoms with Gasteiger partial charge in [-0.2, -0.15) is 17.9 Å². The lowest BCUT2D eigenvalue weighted by Crippen LogP contribution is -3.00. The Morgan fingerprint density at radius 2 is 0.664 bits per heavy atom. The van der Waals surface area contributed by atoms with Crippen LogP contribution in [0.2, 0.25) is 0 Å². The predicted molar refractivity (Wildman–Crippen MR) is 447 cm³/mol. The van der Waals surface area contributed by atoms with Gasteiger partial charge in [-0.05, 0) is 320 Å². The van der Waals surface area contributed by atoms with Gasteiger partial charge in [0.1, 0.15) is 11.5 Å². The van der Waals surface area contributed by atoms with Crippen LogP contribution in [0.4, 0.5) is 0 Å². The van der Waals surface area contributed by atoms with Crippen molar-refractivity contribution < 1.29 is 521 Å². The van der Waals surface area contributed by atoms with Crippen molar-refractivity contribution >= 4 is 66.1 Å². The molecule has 0 bridgehead atoms. The Labute approximate surface area is 1090 Å². The molecule has 0 aliphatic rings. The first kappa shape index (κ1) is 194. The van der Waals surface area contributed by atoms with E-state index in [0.29, 0.717) is 51.0 Å². The molecule has 3 unspecified atom stereocenters. The van der Waals surface area contributed by atoms with E-state index in [1.54, 1.807) is 32.3 Å². The SMILES string of the molecule is C/C=C(C)/C(C)=C(C)\C(C)=C(C)/C(C)=C(C)/C(C)=C(\C)OP(=O)([O-])OCCCCCCS.C/C=C(C)/C(C)=C(C)\C(C)=C(C)/C(C)=C(C)/C(C)=C(\C)OP(C)(=O)[O-].CCCCCCCSSCCCCCCOP(OCCC#N)N(C(C)C)C(C)C.CCCCP(CCCC)CCCC.[I-].[I-].[I-].[I-].[I-].[I-].[I-].[I-].[I-].[I-].[I-].[I-].[I-].[I-].[I-].[I-].[I-].[I-].[I-].[I-]. The first-order chi connectivity index (χ1) is 46.4. The molecular weight excluding hydrogens is 3900 g/mol. The summed E-state index contributed by atoms with van der Waals surface area (Å²) in [5.74, 6) is 4.18. The van der Waals surface area contributed by atoms with Gasteiger partial charge in [0, 0.05) is 30.3 Å². The molecule has 0 radical (unpaired) electrons. The highest BCUT2D eigenvalue weighted by atomic mass is 127. The molecular formula is C81H150I20N2O9P4S3-22. The molecule has 3 atom stereocenters. The first-order valence-electron chi connectivity index (χ1n) is 37.5. The minimum absolute atomic E-state index is 0. The van der Waals surface area contributed by atoms with Crippen molar-refractivity contribution in [2.24, 2.45) is 0 Å². The first-order valence-corrected chi connectivity index (χ1v) is 47.1. The summed E-state index contributed by atoms with van der Waals surface area (Å²) < 4.78 is 53.3. The lowest BCUT2D eigenvalue weighted by Gasteiger charge is -2.35. The number of thiol groups is 1. The smallest absolute Gasteiger partial charge is 0.319 e. The van der Waals surface area contributed by atoms with Crippen LogP contribution in [-0.2, 0) is 31.7 Å². The van der Waals surface area contributed by atoms with E-state index >= 15 is 0 Å². The molecule has 119 heavy (non-hydrogen) atoms. The van der Waals surface area contributed by atoms with Gasteiger partial charge >= 0.3 is 7.82 Å². The zero-order valence-corrected chi connectivity index (χ0v) is 126. The second-order valence-electron chi connectivity index (χ2n) is 26.9. The Hall–Kier alpha value is 13.2. The maximum absolute atomic E-state index is 12.2. The molecule has 11 nitrogen and oxygen atoms in total. The van der Waals surface area contributed by atoms with E-state index in [1.807, 2.05) is 52.3 Å². The molecule has 0 aromatic heterocycles. The summed E-state index contributed by atoms with van der Waals surface area (Å²) in [6.07, 6.45) is 33.3. The summed E-state index contributed by atoms with van der Waals surface area (Å²) in [4.78, 5) is 23.6. The monoisotopic (exact) mass is 4050 g/mol. The van der Waals surface area contributed by atoms with Crippen LogP contribution in [0.5, 0.6) is 0 Å². The van der Waals surface area contributed by atoms with Crippen molar-refractivity contribution in [1.82, 2.24) is 4.67 Å². The Kier molecular flexibility index (Phi) is 205. The Balaban J connectivity index is -0.0000000447. The molecule has 738 valence electrons. The second-order valence-corrected chi connectivity index (χ2v) is 37.3. The number of unbranched alkanes of at least 4 members (excludes halogenated alkanes) is 13. The highest BCUT2D eigenvalue weighted by Crippen LogP contribution is 2.47. The van der Waals surface area contributed by atoms with Gasteiger partial charge in [-0.3, -0.25) is 9.13 Å². The third kappa shape index (κ3) is 104. The molecule has 0 aromatic rings. The van der Waals surface area contributed by atoms with E-state index in [-0.39, 0.29) is 486 Å². The number of nitriles is 1. The number of hydrogen-bond donors (Lipinski definition) is 1. The topological polar surface area (TPSA) is 153 Å². The summed E-state index contributed by atoms with van der Waals surface area (Å²) in [5, 5.41) is 8.76. The standard InChI is InChI=1S/C26H45O4PS.C22H45N2O2PS2.C21H35O3P.C12H27P.20HI/c1-11-18(2)19(3)20(4)21(5)22(6)23(7)24(8)25(9)26(10)30-31(27,28)29-16-14-12-13-15-17-32;1-6-7-8-10-13-19-28-29-20-14-11-9-12-17-25-27(26-18-15-16-23)24(21(2)3)22(4)5;1-12-13(2)14(3)15(4)16(5)17(6)18(7)19(8)20(9)21(10)24-25(11,22)23;1-4-7-10-13(11-8-5-2)12-9-6-3;;;;;;;;;;;;;;;;;;;;/h11,32H,12-17H2,1-10H3,(H,27,28);21-22H,6-15,17-20H2,1-5H3;12H,1-11H3,(H,22,23);4-12H2,1-3H3;20*1H/p-22/b18-11+,20-19-,22-21-,24-23+,26-25+;;13-12+,15-14-,17-16-,19-18+,21-20+;;;;;;;;;;;;;;;;;;;;;. The second kappa shape index (κ2) is 125. The zero-order valence-electron chi connectivity index (χ0n) is 76.5. The molecule has 0 N–H and O–H groups in total. The molecule has 0 aliphatic heterocycles. The molecule has 0 heterocycles. The summed E-state index contributed by atoms with van der Waals surface area (Å²) in [6.45, 7) is 61.0. The zero-order chi connectivity index (χ0) is 76.9. The van der Waals surface area contributed by atoms with Crippen LogP contribution in [-0.4, -0.2) is 79.0 Å². The molecule has 38 heteroatoms. The van der Waals surface area contributed by atoms with Crippen LogP contribution in [0, 0.1) is 11.3 Å². The Bertz CT molecular complexity index is 2760. The number of nitrogens with zero attached hydrogens (tertiary/aromatic N) is 2. The summed E-state index contributed by atoms with van der Waals surface area (Å²) in [6, 6.07) is 2.88. The van der Waals surface area contributed by atoms with E-state index < -0.39 is 23.9 Å². The maximum Gasteiger partial charge on any atom is 0.319 e. The molecule has 0 aromatic carbocycles. The van der Waals surface area contributed by atoms with Crippen molar-refractivity contribution in [2.45, 2.75) is 334 Å². The number of allylic oxidation sites excluding steroid dienone is 20. The Morgan fingerprint density at radius 3 is 0.950 bits per heavy atom. The minimum atomic E-state index is -4.39. The van der Waals surface area contributed by atoms with Crippen LogP contribution in [0.3, 0.4) is 0 Å². The number of phosphoric ester groups is 1. The van der Waals surface area contributed by atoms with Crippen LogP contribution < -0.4 is 489 Å². The molecule has 0 saturated carbocycles. The fourth-order valence-corrected chi connectivity index (χ4v) is 18.7. The van der Waals surface area contributed by atoms with Gasteiger partial charge in [0.2, 0.25) is 0 Å². The van der Waals surface area contributed by atoms with Gasteiger partial charge in [-0.1, -0.05) is 143 Å². The van der Waals surface area contributed by atoms with Crippen molar-refractivity contribution in [1.29, 1.82) is 5.26 Å². The molecule has 0 saturated heterocycles. The predicted octanol–water partition coefficient (Wildman–Crippen LogP) is -32.2. The van der Waals surface area contributed by atoms with Gasteiger partial charge in [0.15, 0.2) is 7.60 Å². The molecule has 0 spiro atoms. The normalized spacial score (nSPS) is 13.1. The lowest BCUT2D eigenvalue weighted by atomic mass is 9.90. The maximum atomic E-state index is 12.2. The van der Waals surface area contributed by atoms with Crippen LogP contribution in [0.15, 0.2) is 113 Å². The quantitative estimate of drug-likeness (QED) is 0.0117. The summed E-state index contributed by atoms with van der Waals surface area (Å²) in [7, 11) is -4.74.